The van der Waals surface area contributed by atoms with Crippen molar-refractivity contribution in [2.75, 3.05) is 13.7 Å². The Morgan fingerprint density at radius 1 is 1.29 bits per heavy atom. The van der Waals surface area contributed by atoms with Crippen LogP contribution in [0.4, 0.5) is 4.39 Å². The summed E-state index contributed by atoms with van der Waals surface area (Å²) in [4.78, 5) is 8.64. The highest BCUT2D eigenvalue weighted by atomic mass is 19.1. The molecule has 0 fully saturated rings. The third-order valence-corrected chi connectivity index (χ3v) is 3.18. The van der Waals surface area contributed by atoms with Crippen LogP contribution < -0.4 is 10.1 Å². The number of benzene rings is 1. The zero-order chi connectivity index (χ0) is 15.2. The number of methoxy groups -OCH3 is 1. The Morgan fingerprint density at radius 2 is 2.00 bits per heavy atom. The normalized spacial score (nSPS) is 12.2. The van der Waals surface area contributed by atoms with E-state index in [-0.39, 0.29) is 11.9 Å². The van der Waals surface area contributed by atoms with Gasteiger partial charge in [-0.2, -0.15) is 0 Å². The highest BCUT2D eigenvalue weighted by Crippen LogP contribution is 2.25. The van der Waals surface area contributed by atoms with Gasteiger partial charge < -0.3 is 10.1 Å². The second-order valence-electron chi connectivity index (χ2n) is 4.89. The number of halogens is 1. The summed E-state index contributed by atoms with van der Waals surface area (Å²) in [5, 5.41) is 3.29. The smallest absolute Gasteiger partial charge is 0.149 e. The lowest BCUT2D eigenvalue weighted by atomic mass is 10.0. The molecule has 2 aromatic rings. The van der Waals surface area contributed by atoms with Crippen LogP contribution in [0.2, 0.25) is 0 Å². The lowest BCUT2D eigenvalue weighted by Crippen LogP contribution is -2.26. The molecule has 0 saturated heterocycles. The van der Waals surface area contributed by atoms with Gasteiger partial charge in [-0.25, -0.2) is 14.4 Å². The highest BCUT2D eigenvalue weighted by molar-refractivity contribution is 5.33. The maximum absolute atomic E-state index is 14.3. The second-order valence-corrected chi connectivity index (χ2v) is 4.89. The standard InChI is InChI=1S/C16H20FN3O/c1-4-7-18-15(16-19-9-11(2)10-20-16)13-6-5-12(21-3)8-14(13)17/h5-6,8-10,15,18H,4,7H2,1-3H3. The van der Waals surface area contributed by atoms with Gasteiger partial charge in [0.1, 0.15) is 17.4 Å². The predicted molar refractivity (Wildman–Crippen MR) is 79.9 cm³/mol. The molecule has 1 aromatic heterocycles. The van der Waals surface area contributed by atoms with Crippen molar-refractivity contribution < 1.29 is 9.13 Å². The fraction of sp³-hybridized carbons (Fsp3) is 0.375. The molecule has 0 radical (unpaired) electrons. The molecule has 0 aliphatic rings. The highest BCUT2D eigenvalue weighted by Gasteiger charge is 2.20. The van der Waals surface area contributed by atoms with Gasteiger partial charge in [0.15, 0.2) is 0 Å². The lowest BCUT2D eigenvalue weighted by molar-refractivity contribution is 0.409. The molecule has 0 saturated carbocycles. The van der Waals surface area contributed by atoms with Crippen LogP contribution in [0.3, 0.4) is 0 Å². The summed E-state index contributed by atoms with van der Waals surface area (Å²) in [6.07, 6.45) is 4.43. The minimum atomic E-state index is -0.364. The molecule has 0 aliphatic carbocycles. The average Bonchev–Trinajstić information content (AvgIpc) is 2.50. The number of aromatic nitrogens is 2. The van der Waals surface area contributed by atoms with E-state index in [1.807, 2.05) is 6.92 Å². The molecule has 1 N–H and O–H groups in total. The molecule has 0 amide bonds. The molecule has 1 unspecified atom stereocenters. The molecule has 1 aromatic carbocycles. The Bertz CT molecular complexity index is 587. The van der Waals surface area contributed by atoms with Crippen molar-refractivity contribution in [2.24, 2.45) is 0 Å². The second kappa shape index (κ2) is 7.13. The van der Waals surface area contributed by atoms with Gasteiger partial charge in [0, 0.05) is 24.0 Å². The third-order valence-electron chi connectivity index (χ3n) is 3.18. The number of hydrogen-bond acceptors (Lipinski definition) is 4. The van der Waals surface area contributed by atoms with E-state index >= 15 is 0 Å². The van der Waals surface area contributed by atoms with Crippen LogP contribution in [0, 0.1) is 12.7 Å². The first-order valence-electron chi connectivity index (χ1n) is 7.01. The Kier molecular flexibility index (Phi) is 5.22. The molecule has 1 atom stereocenters. The van der Waals surface area contributed by atoms with Crippen molar-refractivity contribution in [1.82, 2.24) is 15.3 Å². The van der Waals surface area contributed by atoms with Crippen LogP contribution in [0.1, 0.15) is 36.3 Å². The molecule has 2 rings (SSSR count). The molecule has 1 heterocycles. The Labute approximate surface area is 124 Å². The zero-order valence-corrected chi connectivity index (χ0v) is 12.6. The monoisotopic (exact) mass is 289 g/mol. The van der Waals surface area contributed by atoms with Gasteiger partial charge >= 0.3 is 0 Å². The lowest BCUT2D eigenvalue weighted by Gasteiger charge is -2.18. The predicted octanol–water partition coefficient (Wildman–Crippen LogP) is 3.02. The van der Waals surface area contributed by atoms with Crippen LogP contribution in [0.15, 0.2) is 30.6 Å². The van der Waals surface area contributed by atoms with Gasteiger partial charge in [-0.05, 0) is 31.5 Å². The maximum Gasteiger partial charge on any atom is 0.149 e. The molecule has 112 valence electrons. The number of nitrogens with one attached hydrogen (secondary N) is 1. The van der Waals surface area contributed by atoms with Gasteiger partial charge in [-0.1, -0.05) is 13.0 Å². The van der Waals surface area contributed by atoms with E-state index in [9.17, 15) is 4.39 Å². The van der Waals surface area contributed by atoms with E-state index in [4.69, 9.17) is 4.74 Å². The van der Waals surface area contributed by atoms with E-state index < -0.39 is 0 Å². The fourth-order valence-corrected chi connectivity index (χ4v) is 2.05. The number of ether oxygens (including phenoxy) is 1. The summed E-state index contributed by atoms with van der Waals surface area (Å²) >= 11 is 0. The summed E-state index contributed by atoms with van der Waals surface area (Å²) in [5.74, 6) is 0.737. The summed E-state index contributed by atoms with van der Waals surface area (Å²) in [6.45, 7) is 4.74. The SMILES string of the molecule is CCCNC(c1ncc(C)cn1)c1ccc(OC)cc1F. The first-order valence-corrected chi connectivity index (χ1v) is 7.01. The van der Waals surface area contributed by atoms with Gasteiger partial charge in [-0.15, -0.1) is 0 Å². The van der Waals surface area contributed by atoms with Crippen molar-refractivity contribution in [1.29, 1.82) is 0 Å². The van der Waals surface area contributed by atoms with Crippen molar-refractivity contribution in [3.63, 3.8) is 0 Å². The molecule has 4 nitrogen and oxygen atoms in total. The minimum Gasteiger partial charge on any atom is -0.497 e. The van der Waals surface area contributed by atoms with Crippen molar-refractivity contribution in [3.8, 4) is 5.75 Å². The number of aryl methyl sites for hydroxylation is 1. The summed E-state index contributed by atoms with van der Waals surface area (Å²) in [5.41, 5.74) is 1.50. The summed E-state index contributed by atoms with van der Waals surface area (Å²) < 4.78 is 19.3. The van der Waals surface area contributed by atoms with E-state index in [0.717, 1.165) is 18.5 Å². The summed E-state index contributed by atoms with van der Waals surface area (Å²) in [6, 6.07) is 4.47. The van der Waals surface area contributed by atoms with Gasteiger partial charge in [-0.3, -0.25) is 0 Å². The van der Waals surface area contributed by atoms with Gasteiger partial charge in [0.2, 0.25) is 0 Å². The van der Waals surface area contributed by atoms with E-state index in [2.05, 4.69) is 22.2 Å². The van der Waals surface area contributed by atoms with Crippen LogP contribution in [0.25, 0.3) is 0 Å². The molecule has 5 heteroatoms. The van der Waals surface area contributed by atoms with E-state index in [0.29, 0.717) is 17.1 Å². The minimum absolute atomic E-state index is 0.327. The molecular weight excluding hydrogens is 269 g/mol. The third kappa shape index (κ3) is 3.76. The van der Waals surface area contributed by atoms with Crippen molar-refractivity contribution in [2.45, 2.75) is 26.3 Å². The van der Waals surface area contributed by atoms with Crippen LogP contribution in [0.5, 0.6) is 5.75 Å². The Morgan fingerprint density at radius 3 is 2.57 bits per heavy atom. The molecular formula is C16H20FN3O. The van der Waals surface area contributed by atoms with Crippen molar-refractivity contribution in [3.05, 3.63) is 53.4 Å². The Balaban J connectivity index is 2.37. The summed E-state index contributed by atoms with van der Waals surface area (Å²) in [7, 11) is 1.52. The first-order chi connectivity index (χ1) is 10.2. The quantitative estimate of drug-likeness (QED) is 0.888. The van der Waals surface area contributed by atoms with Crippen LogP contribution >= 0.6 is 0 Å². The van der Waals surface area contributed by atoms with Crippen molar-refractivity contribution >= 4 is 0 Å². The zero-order valence-electron chi connectivity index (χ0n) is 12.6. The number of hydrogen-bond donors (Lipinski definition) is 1. The average molecular weight is 289 g/mol. The molecule has 0 bridgehead atoms. The van der Waals surface area contributed by atoms with Gasteiger partial charge in [0.05, 0.1) is 13.2 Å². The van der Waals surface area contributed by atoms with E-state index in [1.54, 1.807) is 24.5 Å². The van der Waals surface area contributed by atoms with Crippen LogP contribution in [-0.2, 0) is 0 Å². The van der Waals surface area contributed by atoms with Gasteiger partial charge in [0.25, 0.3) is 0 Å². The Hall–Kier alpha value is -2.01. The first kappa shape index (κ1) is 15.4. The van der Waals surface area contributed by atoms with Crippen LogP contribution in [-0.4, -0.2) is 23.6 Å². The molecule has 21 heavy (non-hydrogen) atoms. The van der Waals surface area contributed by atoms with E-state index in [1.165, 1.54) is 13.2 Å². The molecule has 0 aliphatic heterocycles. The number of nitrogens with zero attached hydrogens (tertiary/aromatic N) is 2. The maximum atomic E-state index is 14.3. The topological polar surface area (TPSA) is 47.0 Å². The number of rotatable bonds is 6. The fourth-order valence-electron chi connectivity index (χ4n) is 2.05. The largest absolute Gasteiger partial charge is 0.497 e. The molecule has 0 spiro atoms.